The highest BCUT2D eigenvalue weighted by molar-refractivity contribution is 6.24. The largest absolute Gasteiger partial charge is 0.465 e. The zero-order valence-corrected chi connectivity index (χ0v) is 22.9. The summed E-state index contributed by atoms with van der Waals surface area (Å²) in [6, 6.07) is 14.4. The lowest BCUT2D eigenvalue weighted by Gasteiger charge is -2.20. The van der Waals surface area contributed by atoms with Crippen molar-refractivity contribution in [2.75, 3.05) is 45.0 Å². The van der Waals surface area contributed by atoms with E-state index in [0.717, 1.165) is 0 Å². The molecular formula is C30H27FN6O4. The van der Waals surface area contributed by atoms with Crippen LogP contribution in [-0.2, 0) is 14.3 Å². The molecule has 1 N–H and O–H groups in total. The molecule has 1 atom stereocenters. The highest BCUT2D eigenvalue weighted by atomic mass is 19.1. The van der Waals surface area contributed by atoms with Gasteiger partial charge >= 0.3 is 5.97 Å². The molecule has 1 aromatic heterocycles. The standard InChI is InChI=1S/C30H27FN6O4/c1-36(2)16-26(38)37(3)25-10-7-19(15-21(25)31)34-28(17-6-9-22-24(13-17)33-12-11-32-22)27-20-8-5-18(30(40)41-4)14-23(20)35-29(27)39/h5-15,27H,16H2,1-4H3,(H,35,39). The molecule has 1 aliphatic heterocycles. The summed E-state index contributed by atoms with van der Waals surface area (Å²) in [5.41, 5.74) is 3.91. The first-order chi connectivity index (χ1) is 19.7. The van der Waals surface area contributed by atoms with Crippen LogP contribution in [0, 0.1) is 5.82 Å². The number of halogens is 1. The summed E-state index contributed by atoms with van der Waals surface area (Å²) in [5.74, 6) is -2.65. The number of benzene rings is 3. The highest BCUT2D eigenvalue weighted by Gasteiger charge is 2.36. The van der Waals surface area contributed by atoms with Gasteiger partial charge in [0.05, 0.1) is 47.3 Å². The predicted octanol–water partition coefficient (Wildman–Crippen LogP) is 3.94. The summed E-state index contributed by atoms with van der Waals surface area (Å²) >= 11 is 0. The molecule has 0 saturated carbocycles. The second-order valence-corrected chi connectivity index (χ2v) is 9.80. The van der Waals surface area contributed by atoms with Crippen LogP contribution in [0.3, 0.4) is 0 Å². The van der Waals surface area contributed by atoms with Crippen LogP contribution in [0.1, 0.15) is 27.4 Å². The lowest BCUT2D eigenvalue weighted by Crippen LogP contribution is -2.35. The lowest BCUT2D eigenvalue weighted by molar-refractivity contribution is -0.119. The third-order valence-electron chi connectivity index (χ3n) is 6.71. The van der Waals surface area contributed by atoms with Crippen LogP contribution in [0.15, 0.2) is 72.0 Å². The highest BCUT2D eigenvalue weighted by Crippen LogP contribution is 2.38. The molecule has 0 aliphatic carbocycles. The molecular weight excluding hydrogens is 527 g/mol. The molecule has 11 heteroatoms. The molecule has 4 aromatic rings. The Bertz CT molecular complexity index is 1720. The van der Waals surface area contributed by atoms with Crippen LogP contribution in [0.2, 0.25) is 0 Å². The van der Waals surface area contributed by atoms with Crippen molar-refractivity contribution in [1.29, 1.82) is 0 Å². The first kappa shape index (κ1) is 27.5. The third-order valence-corrected chi connectivity index (χ3v) is 6.71. The smallest absolute Gasteiger partial charge is 0.337 e. The number of likely N-dealkylation sites (N-methyl/N-ethyl adjacent to an activating group) is 2. The fourth-order valence-electron chi connectivity index (χ4n) is 4.68. The van der Waals surface area contributed by atoms with E-state index in [1.54, 1.807) is 73.9 Å². The van der Waals surface area contributed by atoms with Crippen molar-refractivity contribution < 1.29 is 23.5 Å². The topological polar surface area (TPSA) is 117 Å². The zero-order valence-electron chi connectivity index (χ0n) is 22.9. The number of aliphatic imine (C=N–C) groups is 1. The summed E-state index contributed by atoms with van der Waals surface area (Å²) in [7, 11) is 6.31. The number of nitrogens with one attached hydrogen (secondary N) is 1. The molecule has 0 bridgehead atoms. The van der Waals surface area contributed by atoms with E-state index in [2.05, 4.69) is 15.3 Å². The van der Waals surface area contributed by atoms with Crippen LogP contribution in [0.4, 0.5) is 21.5 Å². The van der Waals surface area contributed by atoms with Gasteiger partial charge in [-0.3, -0.25) is 24.5 Å². The van der Waals surface area contributed by atoms with Gasteiger partial charge in [0.25, 0.3) is 0 Å². The van der Waals surface area contributed by atoms with E-state index in [1.807, 2.05) is 0 Å². The minimum absolute atomic E-state index is 0.109. The molecule has 10 nitrogen and oxygen atoms in total. The Morgan fingerprint density at radius 3 is 2.41 bits per heavy atom. The van der Waals surface area contributed by atoms with E-state index in [9.17, 15) is 14.4 Å². The number of ether oxygens (including phenoxy) is 1. The van der Waals surface area contributed by atoms with Crippen molar-refractivity contribution in [3.05, 3.63) is 89.5 Å². The molecule has 0 radical (unpaired) electrons. The lowest BCUT2D eigenvalue weighted by atomic mass is 9.90. The van der Waals surface area contributed by atoms with E-state index in [4.69, 9.17) is 9.73 Å². The molecule has 2 heterocycles. The molecule has 0 spiro atoms. The normalized spacial score (nSPS) is 14.6. The van der Waals surface area contributed by atoms with Gasteiger partial charge in [0.2, 0.25) is 11.8 Å². The van der Waals surface area contributed by atoms with Gasteiger partial charge in [-0.1, -0.05) is 12.1 Å². The number of fused-ring (bicyclic) bond motifs is 2. The van der Waals surface area contributed by atoms with Gasteiger partial charge in [0, 0.05) is 31.2 Å². The minimum atomic E-state index is -0.863. The maximum Gasteiger partial charge on any atom is 0.337 e. The maximum atomic E-state index is 15.3. The second kappa shape index (κ2) is 11.2. The van der Waals surface area contributed by atoms with Crippen molar-refractivity contribution in [3.63, 3.8) is 0 Å². The van der Waals surface area contributed by atoms with Crippen LogP contribution < -0.4 is 10.2 Å². The number of anilines is 2. The predicted molar refractivity (Wildman–Crippen MR) is 153 cm³/mol. The number of amides is 2. The van der Waals surface area contributed by atoms with Gasteiger partial charge in [-0.15, -0.1) is 0 Å². The number of nitrogens with zero attached hydrogens (tertiary/aromatic N) is 5. The molecule has 3 aromatic carbocycles. The molecule has 1 unspecified atom stereocenters. The van der Waals surface area contributed by atoms with Crippen molar-refractivity contribution in [2.24, 2.45) is 4.99 Å². The van der Waals surface area contributed by atoms with Gasteiger partial charge in [-0.05, 0) is 61.6 Å². The van der Waals surface area contributed by atoms with Gasteiger partial charge in [-0.2, -0.15) is 0 Å². The molecule has 208 valence electrons. The van der Waals surface area contributed by atoms with Gasteiger partial charge in [-0.25, -0.2) is 9.18 Å². The zero-order chi connectivity index (χ0) is 29.3. The van der Waals surface area contributed by atoms with Crippen molar-refractivity contribution >= 4 is 51.6 Å². The van der Waals surface area contributed by atoms with E-state index in [-0.39, 0.29) is 35.3 Å². The number of methoxy groups -OCH3 is 1. The fourth-order valence-corrected chi connectivity index (χ4v) is 4.68. The Labute approximate surface area is 235 Å². The van der Waals surface area contributed by atoms with E-state index >= 15 is 4.39 Å². The Hall–Kier alpha value is -5.03. The summed E-state index contributed by atoms with van der Waals surface area (Å²) in [4.78, 5) is 54.3. The van der Waals surface area contributed by atoms with E-state index < -0.39 is 17.7 Å². The Morgan fingerprint density at radius 1 is 0.976 bits per heavy atom. The Balaban J connectivity index is 1.61. The summed E-state index contributed by atoms with van der Waals surface area (Å²) in [6.45, 7) is 0.124. The molecule has 1 aliphatic rings. The minimum Gasteiger partial charge on any atom is -0.465 e. The average Bonchev–Trinajstić information content (AvgIpc) is 3.29. The van der Waals surface area contributed by atoms with Gasteiger partial charge in [0.15, 0.2) is 0 Å². The average molecular weight is 555 g/mol. The quantitative estimate of drug-likeness (QED) is 0.272. The maximum absolute atomic E-state index is 15.3. The number of hydrogen-bond donors (Lipinski definition) is 1. The van der Waals surface area contributed by atoms with Gasteiger partial charge in [0.1, 0.15) is 11.7 Å². The number of hydrogen-bond acceptors (Lipinski definition) is 8. The number of rotatable bonds is 7. The molecule has 5 rings (SSSR count). The van der Waals surface area contributed by atoms with Crippen LogP contribution in [0.25, 0.3) is 11.0 Å². The van der Waals surface area contributed by atoms with Crippen LogP contribution >= 0.6 is 0 Å². The molecule has 41 heavy (non-hydrogen) atoms. The van der Waals surface area contributed by atoms with E-state index in [1.165, 1.54) is 31.2 Å². The first-order valence-corrected chi connectivity index (χ1v) is 12.7. The second-order valence-electron chi connectivity index (χ2n) is 9.80. The summed E-state index contributed by atoms with van der Waals surface area (Å²) < 4.78 is 20.1. The summed E-state index contributed by atoms with van der Waals surface area (Å²) in [5, 5.41) is 2.83. The molecule has 0 saturated heterocycles. The van der Waals surface area contributed by atoms with Crippen LogP contribution in [0.5, 0.6) is 0 Å². The number of esters is 1. The van der Waals surface area contributed by atoms with Crippen molar-refractivity contribution in [3.8, 4) is 0 Å². The first-order valence-electron chi connectivity index (χ1n) is 12.7. The number of carbonyl (C=O) groups is 3. The Morgan fingerprint density at radius 2 is 1.71 bits per heavy atom. The van der Waals surface area contributed by atoms with Crippen LogP contribution in [-0.4, -0.2) is 73.2 Å². The van der Waals surface area contributed by atoms with Gasteiger partial charge < -0.3 is 19.9 Å². The van der Waals surface area contributed by atoms with E-state index in [0.29, 0.717) is 33.6 Å². The fraction of sp³-hybridized carbons (Fsp3) is 0.200. The number of carbonyl (C=O) groups excluding carboxylic acids is 3. The summed E-state index contributed by atoms with van der Waals surface area (Å²) in [6.07, 6.45) is 3.15. The third kappa shape index (κ3) is 5.52. The monoisotopic (exact) mass is 554 g/mol. The molecule has 0 fully saturated rings. The van der Waals surface area contributed by atoms with Crippen molar-refractivity contribution in [2.45, 2.75) is 5.92 Å². The SMILES string of the molecule is COC(=O)c1ccc2c(c1)NC(=O)C2C(=Nc1ccc(N(C)C(=O)CN(C)C)c(F)c1)c1ccc2nccnc2c1. The Kier molecular flexibility index (Phi) is 7.54. The number of aromatic nitrogens is 2. The van der Waals surface area contributed by atoms with Crippen molar-refractivity contribution in [1.82, 2.24) is 14.9 Å². The molecule has 2 amide bonds.